The van der Waals surface area contributed by atoms with Gasteiger partial charge in [-0.3, -0.25) is 9.59 Å². The summed E-state index contributed by atoms with van der Waals surface area (Å²) in [5, 5.41) is 2.84. The molecule has 0 N–H and O–H groups in total. The van der Waals surface area contributed by atoms with E-state index in [1.165, 1.54) is 23.5 Å². The minimum absolute atomic E-state index is 0.00177. The predicted molar refractivity (Wildman–Crippen MR) is 99.4 cm³/mol. The van der Waals surface area contributed by atoms with Crippen LogP contribution in [0.5, 0.6) is 0 Å². The fourth-order valence-electron chi connectivity index (χ4n) is 3.18. The van der Waals surface area contributed by atoms with Crippen molar-refractivity contribution in [2.75, 3.05) is 11.4 Å². The Hall–Kier alpha value is -2.28. The second kappa shape index (κ2) is 7.53. The first-order valence-electron chi connectivity index (χ1n) is 8.62. The van der Waals surface area contributed by atoms with Gasteiger partial charge in [-0.2, -0.15) is 0 Å². The van der Waals surface area contributed by atoms with Crippen LogP contribution in [0.1, 0.15) is 31.0 Å². The zero-order valence-corrected chi connectivity index (χ0v) is 15.9. The molecule has 0 spiro atoms. The number of aryl methyl sites for hydroxylation is 1. The third-order valence-corrected chi connectivity index (χ3v) is 5.34. The normalized spacial score (nSPS) is 17.2. The van der Waals surface area contributed by atoms with Gasteiger partial charge in [0, 0.05) is 30.1 Å². The molecule has 0 radical (unpaired) electrons. The number of rotatable bonds is 5. The van der Waals surface area contributed by atoms with Crippen LogP contribution in [0.15, 0.2) is 29.6 Å². The highest BCUT2D eigenvalue weighted by Crippen LogP contribution is 2.27. The van der Waals surface area contributed by atoms with Crippen LogP contribution in [-0.4, -0.2) is 34.3 Å². The van der Waals surface area contributed by atoms with Gasteiger partial charge in [0.05, 0.1) is 23.2 Å². The lowest BCUT2D eigenvalue weighted by molar-refractivity contribution is -0.129. The summed E-state index contributed by atoms with van der Waals surface area (Å²) in [6, 6.07) is 5.91. The van der Waals surface area contributed by atoms with Crippen molar-refractivity contribution in [3.63, 3.8) is 0 Å². The van der Waals surface area contributed by atoms with Crippen LogP contribution in [-0.2, 0) is 16.1 Å². The number of benzene rings is 1. The Balaban J connectivity index is 1.86. The molecular formula is C19H22FN3O2S. The summed E-state index contributed by atoms with van der Waals surface area (Å²) in [4.78, 5) is 33.2. The maximum absolute atomic E-state index is 13.3. The van der Waals surface area contributed by atoms with Crippen molar-refractivity contribution >= 4 is 28.8 Å². The van der Waals surface area contributed by atoms with Gasteiger partial charge < -0.3 is 9.80 Å². The van der Waals surface area contributed by atoms with E-state index in [0.29, 0.717) is 18.8 Å². The van der Waals surface area contributed by atoms with Crippen LogP contribution >= 0.6 is 11.3 Å². The Labute approximate surface area is 156 Å². The van der Waals surface area contributed by atoms with Gasteiger partial charge in [0.2, 0.25) is 11.8 Å². The van der Waals surface area contributed by atoms with Crippen molar-refractivity contribution in [2.24, 2.45) is 5.92 Å². The van der Waals surface area contributed by atoms with E-state index in [1.54, 1.807) is 21.9 Å². The van der Waals surface area contributed by atoms with Gasteiger partial charge >= 0.3 is 0 Å². The summed E-state index contributed by atoms with van der Waals surface area (Å²) >= 11 is 1.52. The average Bonchev–Trinajstić information content (AvgIpc) is 3.18. The standard InChI is InChI=1S/C19H22FN3O2S/c1-12(2)22-9-14(8-18(22)24)19(25)23(10-16-11-26-13(3)21-16)17-6-4-15(20)5-7-17/h4-7,11-12,14H,8-10H2,1-3H3. The average molecular weight is 375 g/mol. The summed E-state index contributed by atoms with van der Waals surface area (Å²) in [5.41, 5.74) is 1.40. The van der Waals surface area contributed by atoms with Crippen LogP contribution in [0.2, 0.25) is 0 Å². The number of halogens is 1. The summed E-state index contributed by atoms with van der Waals surface area (Å²) < 4.78 is 13.3. The highest BCUT2D eigenvalue weighted by Gasteiger charge is 2.38. The number of likely N-dealkylation sites (tertiary alicyclic amines) is 1. The van der Waals surface area contributed by atoms with E-state index >= 15 is 0 Å². The summed E-state index contributed by atoms with van der Waals surface area (Å²) in [6.45, 7) is 6.53. The Kier molecular flexibility index (Phi) is 5.36. The third-order valence-electron chi connectivity index (χ3n) is 4.52. The van der Waals surface area contributed by atoms with E-state index in [-0.39, 0.29) is 30.1 Å². The topological polar surface area (TPSA) is 53.5 Å². The first kappa shape index (κ1) is 18.5. The maximum atomic E-state index is 13.3. The van der Waals surface area contributed by atoms with E-state index in [1.807, 2.05) is 26.2 Å². The van der Waals surface area contributed by atoms with Crippen LogP contribution < -0.4 is 4.90 Å². The van der Waals surface area contributed by atoms with Crippen LogP contribution in [0.3, 0.4) is 0 Å². The number of carbonyl (C=O) groups excluding carboxylic acids is 2. The van der Waals surface area contributed by atoms with Gasteiger partial charge in [0.1, 0.15) is 5.82 Å². The Bertz CT molecular complexity index is 803. The minimum atomic E-state index is -0.394. The molecule has 1 saturated heterocycles. The largest absolute Gasteiger partial charge is 0.339 e. The molecule has 5 nitrogen and oxygen atoms in total. The number of carbonyl (C=O) groups is 2. The fraction of sp³-hybridized carbons (Fsp3) is 0.421. The van der Waals surface area contributed by atoms with Crippen molar-refractivity contribution in [1.29, 1.82) is 0 Å². The van der Waals surface area contributed by atoms with Crippen molar-refractivity contribution in [3.05, 3.63) is 46.2 Å². The van der Waals surface area contributed by atoms with E-state index in [4.69, 9.17) is 0 Å². The van der Waals surface area contributed by atoms with Crippen molar-refractivity contribution in [1.82, 2.24) is 9.88 Å². The van der Waals surface area contributed by atoms with Gasteiger partial charge in [-0.15, -0.1) is 11.3 Å². The molecule has 138 valence electrons. The number of hydrogen-bond donors (Lipinski definition) is 0. The maximum Gasteiger partial charge on any atom is 0.232 e. The third kappa shape index (κ3) is 3.93. The lowest BCUT2D eigenvalue weighted by Gasteiger charge is -2.26. The van der Waals surface area contributed by atoms with Gasteiger partial charge in [0.25, 0.3) is 0 Å². The van der Waals surface area contributed by atoms with Crippen molar-refractivity contribution in [2.45, 2.75) is 39.8 Å². The monoisotopic (exact) mass is 375 g/mol. The quantitative estimate of drug-likeness (QED) is 0.805. The van der Waals surface area contributed by atoms with Crippen LogP contribution in [0, 0.1) is 18.7 Å². The van der Waals surface area contributed by atoms with Crippen molar-refractivity contribution < 1.29 is 14.0 Å². The molecule has 2 heterocycles. The highest BCUT2D eigenvalue weighted by molar-refractivity contribution is 7.09. The zero-order chi connectivity index (χ0) is 18.8. The minimum Gasteiger partial charge on any atom is -0.339 e. The van der Waals surface area contributed by atoms with Gasteiger partial charge in [0.15, 0.2) is 0 Å². The van der Waals surface area contributed by atoms with Gasteiger partial charge in [-0.05, 0) is 45.0 Å². The first-order valence-corrected chi connectivity index (χ1v) is 9.50. The second-order valence-electron chi connectivity index (χ2n) is 6.80. The van der Waals surface area contributed by atoms with Crippen LogP contribution in [0.25, 0.3) is 0 Å². The summed E-state index contributed by atoms with van der Waals surface area (Å²) in [6.07, 6.45) is 0.213. The molecular weight excluding hydrogens is 353 g/mol. The fourth-order valence-corrected chi connectivity index (χ4v) is 3.78. The smallest absolute Gasteiger partial charge is 0.232 e. The second-order valence-corrected chi connectivity index (χ2v) is 7.86. The molecule has 1 unspecified atom stereocenters. The summed E-state index contributed by atoms with van der Waals surface area (Å²) in [7, 11) is 0. The van der Waals surface area contributed by atoms with E-state index < -0.39 is 5.92 Å². The molecule has 0 saturated carbocycles. The van der Waals surface area contributed by atoms with Gasteiger partial charge in [-0.25, -0.2) is 9.37 Å². The lowest BCUT2D eigenvalue weighted by atomic mass is 10.1. The van der Waals surface area contributed by atoms with E-state index in [0.717, 1.165) is 10.7 Å². The number of amides is 2. The molecule has 1 atom stereocenters. The number of hydrogen-bond acceptors (Lipinski definition) is 4. The molecule has 7 heteroatoms. The highest BCUT2D eigenvalue weighted by atomic mass is 32.1. The SMILES string of the molecule is Cc1nc(CN(C(=O)C2CC(=O)N(C(C)C)C2)c2ccc(F)cc2)cs1. The molecule has 1 aliphatic rings. The first-order chi connectivity index (χ1) is 12.3. The zero-order valence-electron chi connectivity index (χ0n) is 15.1. The van der Waals surface area contributed by atoms with Crippen LogP contribution in [0.4, 0.5) is 10.1 Å². The van der Waals surface area contributed by atoms with Crippen molar-refractivity contribution in [3.8, 4) is 0 Å². The lowest BCUT2D eigenvalue weighted by Crippen LogP contribution is -2.38. The van der Waals surface area contributed by atoms with E-state index in [9.17, 15) is 14.0 Å². The number of nitrogens with zero attached hydrogens (tertiary/aromatic N) is 3. The Morgan fingerprint density at radius 2 is 2.08 bits per heavy atom. The number of anilines is 1. The molecule has 0 aliphatic carbocycles. The number of aromatic nitrogens is 1. The number of thiazole rings is 1. The predicted octanol–water partition coefficient (Wildman–Crippen LogP) is 3.38. The molecule has 26 heavy (non-hydrogen) atoms. The molecule has 2 aromatic rings. The summed E-state index contributed by atoms with van der Waals surface area (Å²) in [5.74, 6) is -0.872. The molecule has 1 aliphatic heterocycles. The molecule has 3 rings (SSSR count). The Morgan fingerprint density at radius 1 is 1.38 bits per heavy atom. The molecule has 0 bridgehead atoms. The molecule has 1 aromatic heterocycles. The van der Waals surface area contributed by atoms with Gasteiger partial charge in [-0.1, -0.05) is 0 Å². The molecule has 1 fully saturated rings. The molecule has 1 aromatic carbocycles. The van der Waals surface area contributed by atoms with E-state index in [2.05, 4.69) is 4.98 Å². The molecule has 2 amide bonds. The Morgan fingerprint density at radius 3 is 2.62 bits per heavy atom.